The van der Waals surface area contributed by atoms with Crippen molar-refractivity contribution in [2.75, 3.05) is 18.4 Å². The lowest BCUT2D eigenvalue weighted by molar-refractivity contribution is -0.121. The summed E-state index contributed by atoms with van der Waals surface area (Å²) in [5, 5.41) is 10.6. The Morgan fingerprint density at radius 3 is 2.65 bits per heavy atom. The third-order valence-corrected chi connectivity index (χ3v) is 8.59. The van der Waals surface area contributed by atoms with E-state index >= 15 is 0 Å². The van der Waals surface area contributed by atoms with Crippen molar-refractivity contribution in [1.29, 1.82) is 0 Å². The van der Waals surface area contributed by atoms with Crippen molar-refractivity contribution in [2.24, 2.45) is 5.92 Å². The van der Waals surface area contributed by atoms with Gasteiger partial charge in [-0.3, -0.25) is 10.1 Å². The predicted octanol–water partition coefficient (Wildman–Crippen LogP) is 4.11. The summed E-state index contributed by atoms with van der Waals surface area (Å²) >= 11 is 6.89. The molecule has 31 heavy (non-hydrogen) atoms. The van der Waals surface area contributed by atoms with E-state index in [9.17, 15) is 13.2 Å². The molecule has 4 rings (SSSR count). The number of aryl methyl sites for hydroxylation is 2. The fourth-order valence-electron chi connectivity index (χ4n) is 3.63. The molecule has 1 amide bonds. The third kappa shape index (κ3) is 4.82. The molecule has 0 spiro atoms. The average molecular weight is 481 g/mol. The lowest BCUT2D eigenvalue weighted by atomic mass is 9.99. The Morgan fingerprint density at radius 1 is 1.23 bits per heavy atom. The fraction of sp³-hybridized carbons (Fsp3) is 0.350. The summed E-state index contributed by atoms with van der Waals surface area (Å²) in [4.78, 5) is 12.8. The van der Waals surface area contributed by atoms with Gasteiger partial charge in [0.05, 0.1) is 10.3 Å². The minimum absolute atomic E-state index is 0.0100. The molecule has 1 aliphatic rings. The number of thiophene rings is 1. The SMILES string of the molecule is Cc1cc(C)cc(-c2nnc(NC(=O)C3CCCN(S(=O)(=O)c4ccc(Cl)s4)C3)o2)c1. The number of nitrogens with zero attached hydrogens (tertiary/aromatic N) is 3. The van der Waals surface area contributed by atoms with Crippen molar-refractivity contribution in [3.8, 4) is 11.5 Å². The molecule has 8 nitrogen and oxygen atoms in total. The number of nitrogens with one attached hydrogen (secondary N) is 1. The van der Waals surface area contributed by atoms with Crippen LogP contribution < -0.4 is 5.32 Å². The van der Waals surface area contributed by atoms with Gasteiger partial charge in [0.15, 0.2) is 0 Å². The number of aromatic nitrogens is 2. The number of anilines is 1. The van der Waals surface area contributed by atoms with Gasteiger partial charge in [-0.25, -0.2) is 8.42 Å². The number of rotatable bonds is 5. The van der Waals surface area contributed by atoms with Crippen LogP contribution in [0.1, 0.15) is 24.0 Å². The lowest BCUT2D eigenvalue weighted by Crippen LogP contribution is -2.43. The van der Waals surface area contributed by atoms with Crippen LogP contribution in [-0.2, 0) is 14.8 Å². The summed E-state index contributed by atoms with van der Waals surface area (Å²) in [6.07, 6.45) is 1.15. The van der Waals surface area contributed by atoms with E-state index in [2.05, 4.69) is 15.5 Å². The van der Waals surface area contributed by atoms with Gasteiger partial charge in [0.25, 0.3) is 10.0 Å². The van der Waals surface area contributed by atoms with E-state index < -0.39 is 15.9 Å². The number of carbonyl (C=O) groups excluding carboxylic acids is 1. The number of hydrogen-bond acceptors (Lipinski definition) is 7. The predicted molar refractivity (Wildman–Crippen MR) is 119 cm³/mol. The quantitative estimate of drug-likeness (QED) is 0.589. The van der Waals surface area contributed by atoms with Crippen molar-refractivity contribution in [2.45, 2.75) is 30.9 Å². The van der Waals surface area contributed by atoms with Gasteiger partial charge in [0.2, 0.25) is 11.8 Å². The molecule has 3 heterocycles. The van der Waals surface area contributed by atoms with Crippen LogP contribution in [0.5, 0.6) is 0 Å². The summed E-state index contributed by atoms with van der Waals surface area (Å²) < 4.78 is 33.2. The van der Waals surface area contributed by atoms with Gasteiger partial charge in [0.1, 0.15) is 4.21 Å². The van der Waals surface area contributed by atoms with Crippen LogP contribution in [0.25, 0.3) is 11.5 Å². The van der Waals surface area contributed by atoms with E-state index in [1.165, 1.54) is 10.4 Å². The van der Waals surface area contributed by atoms with E-state index in [-0.39, 0.29) is 22.7 Å². The van der Waals surface area contributed by atoms with E-state index in [1.807, 2.05) is 32.0 Å². The topological polar surface area (TPSA) is 105 Å². The molecular formula is C20H21ClN4O4S2. The zero-order chi connectivity index (χ0) is 22.2. The Labute approximate surface area is 189 Å². The molecule has 1 atom stereocenters. The lowest BCUT2D eigenvalue weighted by Gasteiger charge is -2.30. The molecule has 1 aliphatic heterocycles. The van der Waals surface area contributed by atoms with E-state index in [0.29, 0.717) is 29.6 Å². The molecule has 164 valence electrons. The number of sulfonamides is 1. The smallest absolute Gasteiger partial charge is 0.322 e. The maximum absolute atomic E-state index is 12.8. The molecule has 0 bridgehead atoms. The molecule has 3 aromatic rings. The number of halogens is 1. The second-order valence-electron chi connectivity index (χ2n) is 7.54. The van der Waals surface area contributed by atoms with Crippen LogP contribution in [0, 0.1) is 19.8 Å². The number of benzene rings is 1. The number of carbonyl (C=O) groups is 1. The standard InChI is InChI=1S/C20H21ClN4O4S2/c1-12-8-13(2)10-15(9-12)19-23-24-20(29-19)22-18(26)14-4-3-7-25(11-14)31(27,28)17-6-5-16(21)30-17/h5-6,8-10,14H,3-4,7,11H2,1-2H3,(H,22,24,26). The molecular weight excluding hydrogens is 460 g/mol. The van der Waals surface area contributed by atoms with E-state index in [1.54, 1.807) is 6.07 Å². The van der Waals surface area contributed by atoms with Gasteiger partial charge >= 0.3 is 6.01 Å². The van der Waals surface area contributed by atoms with Gasteiger partial charge in [-0.15, -0.1) is 16.4 Å². The summed E-state index contributed by atoms with van der Waals surface area (Å²) in [7, 11) is -3.68. The van der Waals surface area contributed by atoms with Crippen LogP contribution in [-0.4, -0.2) is 41.9 Å². The van der Waals surface area contributed by atoms with Crippen molar-refractivity contribution in [3.63, 3.8) is 0 Å². The first-order chi connectivity index (χ1) is 14.7. The zero-order valence-corrected chi connectivity index (χ0v) is 19.4. The molecule has 1 unspecified atom stereocenters. The first-order valence-electron chi connectivity index (χ1n) is 9.71. The Kier molecular flexibility index (Phi) is 6.16. The summed E-state index contributed by atoms with van der Waals surface area (Å²) in [6, 6.07) is 8.91. The Hall–Kier alpha value is -2.27. The maximum atomic E-state index is 12.8. The van der Waals surface area contributed by atoms with Crippen molar-refractivity contribution >= 4 is 44.9 Å². The fourth-order valence-corrected chi connectivity index (χ4v) is 6.80. The molecule has 2 aromatic heterocycles. The molecule has 0 radical (unpaired) electrons. The molecule has 0 aliphatic carbocycles. The first kappa shape index (κ1) is 21.9. The molecule has 1 saturated heterocycles. The minimum Gasteiger partial charge on any atom is -0.403 e. The molecule has 1 N–H and O–H groups in total. The normalized spacial score (nSPS) is 17.6. The van der Waals surface area contributed by atoms with E-state index in [4.69, 9.17) is 16.0 Å². The van der Waals surface area contributed by atoms with Crippen LogP contribution in [0.2, 0.25) is 4.34 Å². The van der Waals surface area contributed by atoms with Gasteiger partial charge in [0, 0.05) is 18.7 Å². The zero-order valence-electron chi connectivity index (χ0n) is 17.0. The second-order valence-corrected chi connectivity index (χ2v) is 11.4. The van der Waals surface area contributed by atoms with Crippen LogP contribution in [0.15, 0.2) is 39.0 Å². The number of hydrogen-bond donors (Lipinski definition) is 1. The molecule has 1 aromatic carbocycles. The molecule has 1 fully saturated rings. The van der Waals surface area contributed by atoms with Gasteiger partial charge in [-0.2, -0.15) is 4.31 Å². The van der Waals surface area contributed by atoms with Gasteiger partial charge in [-0.05, 0) is 51.0 Å². The summed E-state index contributed by atoms with van der Waals surface area (Å²) in [5.74, 6) is -0.556. The highest BCUT2D eigenvalue weighted by atomic mass is 35.5. The van der Waals surface area contributed by atoms with Crippen molar-refractivity contribution in [1.82, 2.24) is 14.5 Å². The molecule has 0 saturated carbocycles. The van der Waals surface area contributed by atoms with Crippen LogP contribution in [0.4, 0.5) is 6.01 Å². The Bertz CT molecular complexity index is 1200. The van der Waals surface area contributed by atoms with Crippen LogP contribution >= 0.6 is 22.9 Å². The highest BCUT2D eigenvalue weighted by Crippen LogP contribution is 2.31. The monoisotopic (exact) mass is 480 g/mol. The number of piperidine rings is 1. The van der Waals surface area contributed by atoms with Crippen molar-refractivity contribution < 1.29 is 17.6 Å². The molecule has 11 heteroatoms. The average Bonchev–Trinajstić information content (AvgIpc) is 3.37. The van der Waals surface area contributed by atoms with Gasteiger partial charge in [-0.1, -0.05) is 33.9 Å². The third-order valence-electron chi connectivity index (χ3n) is 5.02. The Morgan fingerprint density at radius 2 is 1.97 bits per heavy atom. The summed E-state index contributed by atoms with van der Waals surface area (Å²) in [6.45, 7) is 4.39. The van der Waals surface area contributed by atoms with Crippen molar-refractivity contribution in [3.05, 3.63) is 45.8 Å². The number of amides is 1. The first-order valence-corrected chi connectivity index (χ1v) is 12.3. The van der Waals surface area contributed by atoms with Gasteiger partial charge < -0.3 is 4.42 Å². The van der Waals surface area contributed by atoms with Crippen LogP contribution in [0.3, 0.4) is 0 Å². The largest absolute Gasteiger partial charge is 0.403 e. The Balaban J connectivity index is 1.45. The summed E-state index contributed by atoms with van der Waals surface area (Å²) in [5.41, 5.74) is 2.90. The minimum atomic E-state index is -3.68. The maximum Gasteiger partial charge on any atom is 0.322 e. The highest BCUT2D eigenvalue weighted by Gasteiger charge is 2.34. The van der Waals surface area contributed by atoms with E-state index in [0.717, 1.165) is 28.0 Å². The highest BCUT2D eigenvalue weighted by molar-refractivity contribution is 7.91. The second kappa shape index (κ2) is 8.70.